The van der Waals surface area contributed by atoms with E-state index >= 15 is 0 Å². The lowest BCUT2D eigenvalue weighted by atomic mass is 10.4. The minimum absolute atomic E-state index is 0.751. The maximum atomic E-state index is 5.89. The lowest BCUT2D eigenvalue weighted by Gasteiger charge is -2.24. The van der Waals surface area contributed by atoms with E-state index in [1.165, 1.54) is 5.19 Å². The third kappa shape index (κ3) is 1.75. The highest BCUT2D eigenvalue weighted by Gasteiger charge is 2.42. The zero-order chi connectivity index (χ0) is 9.86. The van der Waals surface area contributed by atoms with Crippen LogP contribution in [-0.2, 0) is 8.85 Å². The quantitative estimate of drug-likeness (QED) is 0.705. The fourth-order valence-electron chi connectivity index (χ4n) is 1.96. The van der Waals surface area contributed by atoms with Gasteiger partial charge in [-0.3, -0.25) is 0 Å². The maximum absolute atomic E-state index is 5.89. The Hall–Kier alpha value is -0.643. The van der Waals surface area contributed by atoms with Gasteiger partial charge in [-0.2, -0.15) is 0 Å². The van der Waals surface area contributed by atoms with E-state index in [-0.39, 0.29) is 0 Å². The molecule has 3 heteroatoms. The van der Waals surface area contributed by atoms with Gasteiger partial charge in [0.2, 0.25) is 0 Å². The summed E-state index contributed by atoms with van der Waals surface area (Å²) in [5.41, 5.74) is 0. The number of benzene rings is 1. The lowest BCUT2D eigenvalue weighted by molar-refractivity contribution is 0.219. The molecule has 0 aliphatic carbocycles. The normalized spacial score (nSPS) is 26.6. The summed E-state index contributed by atoms with van der Waals surface area (Å²) in [5.74, 6) is 0. The first-order valence-electron chi connectivity index (χ1n) is 5.21. The van der Waals surface area contributed by atoms with Crippen molar-refractivity contribution in [3.05, 3.63) is 30.3 Å². The molecule has 1 atom stereocenters. The van der Waals surface area contributed by atoms with E-state index in [1.807, 2.05) is 13.0 Å². The molecule has 0 bridgehead atoms. The zero-order valence-corrected chi connectivity index (χ0v) is 9.53. The van der Waals surface area contributed by atoms with E-state index in [1.54, 1.807) is 0 Å². The minimum atomic E-state index is -2.01. The first kappa shape index (κ1) is 9.89. The molecular weight excluding hydrogens is 192 g/mol. The number of hydrogen-bond acceptors (Lipinski definition) is 2. The van der Waals surface area contributed by atoms with Crippen LogP contribution < -0.4 is 5.19 Å². The Bertz CT molecular complexity index is 281. The van der Waals surface area contributed by atoms with Crippen molar-refractivity contribution in [2.45, 2.75) is 19.4 Å². The average molecular weight is 208 g/mol. The van der Waals surface area contributed by atoms with Gasteiger partial charge in [0, 0.05) is 13.2 Å². The van der Waals surface area contributed by atoms with E-state index in [2.05, 4.69) is 24.3 Å². The topological polar surface area (TPSA) is 18.5 Å². The van der Waals surface area contributed by atoms with Gasteiger partial charge in [-0.1, -0.05) is 30.3 Å². The third-order valence-electron chi connectivity index (χ3n) is 2.58. The molecule has 1 fully saturated rings. The van der Waals surface area contributed by atoms with E-state index in [0.717, 1.165) is 25.7 Å². The highest BCUT2D eigenvalue weighted by atomic mass is 28.4. The molecule has 1 heterocycles. The van der Waals surface area contributed by atoms with E-state index in [9.17, 15) is 0 Å². The molecular formula is C11H16O2Si. The van der Waals surface area contributed by atoms with Gasteiger partial charge < -0.3 is 8.85 Å². The Labute approximate surface area is 86.1 Å². The van der Waals surface area contributed by atoms with Crippen LogP contribution in [0.25, 0.3) is 0 Å². The van der Waals surface area contributed by atoms with Gasteiger partial charge in [0.25, 0.3) is 0 Å². The third-order valence-corrected chi connectivity index (χ3v) is 6.23. The Morgan fingerprint density at radius 3 is 2.71 bits per heavy atom. The minimum Gasteiger partial charge on any atom is -0.391 e. The van der Waals surface area contributed by atoms with Crippen LogP contribution in [0.5, 0.6) is 0 Å². The van der Waals surface area contributed by atoms with Crippen LogP contribution in [-0.4, -0.2) is 21.8 Å². The second-order valence-electron chi connectivity index (χ2n) is 3.50. The molecule has 1 aromatic rings. The monoisotopic (exact) mass is 208 g/mol. The van der Waals surface area contributed by atoms with Gasteiger partial charge in [-0.25, -0.2) is 0 Å². The van der Waals surface area contributed by atoms with Gasteiger partial charge >= 0.3 is 8.56 Å². The van der Waals surface area contributed by atoms with Crippen LogP contribution in [0.3, 0.4) is 0 Å². The zero-order valence-electron chi connectivity index (χ0n) is 8.53. The van der Waals surface area contributed by atoms with Gasteiger partial charge in [0.15, 0.2) is 0 Å². The molecule has 1 aliphatic heterocycles. The van der Waals surface area contributed by atoms with Crippen molar-refractivity contribution in [3.8, 4) is 0 Å². The summed E-state index contributed by atoms with van der Waals surface area (Å²) in [5, 5.41) is 1.28. The fourth-order valence-corrected chi connectivity index (χ4v) is 5.21. The first-order valence-corrected chi connectivity index (χ1v) is 7.23. The Morgan fingerprint density at radius 2 is 2.14 bits per heavy atom. The SMILES string of the molecule is CCO[Si]1(c2ccccc2)CCCO1. The Balaban J connectivity index is 2.27. The summed E-state index contributed by atoms with van der Waals surface area (Å²) in [6.45, 7) is 3.65. The number of hydrogen-bond donors (Lipinski definition) is 0. The average Bonchev–Trinajstić information content (AvgIpc) is 2.70. The number of rotatable bonds is 3. The molecule has 0 N–H and O–H groups in total. The maximum Gasteiger partial charge on any atom is 0.372 e. The van der Waals surface area contributed by atoms with Crippen LogP contribution in [0.1, 0.15) is 13.3 Å². The van der Waals surface area contributed by atoms with Crippen LogP contribution >= 0.6 is 0 Å². The van der Waals surface area contributed by atoms with Crippen LogP contribution in [0, 0.1) is 0 Å². The molecule has 2 rings (SSSR count). The molecule has 1 aromatic carbocycles. The van der Waals surface area contributed by atoms with Crippen molar-refractivity contribution < 1.29 is 8.85 Å². The molecule has 1 aliphatic rings. The molecule has 2 nitrogen and oxygen atoms in total. The van der Waals surface area contributed by atoms with Gasteiger partial charge in [0.05, 0.1) is 0 Å². The van der Waals surface area contributed by atoms with Crippen molar-refractivity contribution >= 4 is 13.7 Å². The van der Waals surface area contributed by atoms with E-state index in [0.29, 0.717) is 0 Å². The lowest BCUT2D eigenvalue weighted by Crippen LogP contribution is -2.50. The van der Waals surface area contributed by atoms with Gasteiger partial charge in [-0.05, 0) is 24.6 Å². The summed E-state index contributed by atoms with van der Waals surface area (Å²) < 4.78 is 11.8. The fraction of sp³-hybridized carbons (Fsp3) is 0.455. The first-order chi connectivity index (χ1) is 6.87. The van der Waals surface area contributed by atoms with Crippen molar-refractivity contribution in [3.63, 3.8) is 0 Å². The second-order valence-corrected chi connectivity index (χ2v) is 6.66. The highest BCUT2D eigenvalue weighted by molar-refractivity contribution is 6.81. The van der Waals surface area contributed by atoms with Crippen molar-refractivity contribution in [2.24, 2.45) is 0 Å². The summed E-state index contributed by atoms with van der Waals surface area (Å²) in [6, 6.07) is 11.5. The Morgan fingerprint density at radius 1 is 1.36 bits per heavy atom. The summed E-state index contributed by atoms with van der Waals surface area (Å²) in [7, 11) is -2.01. The van der Waals surface area contributed by atoms with Crippen molar-refractivity contribution in [2.75, 3.05) is 13.2 Å². The van der Waals surface area contributed by atoms with Crippen LogP contribution in [0.4, 0.5) is 0 Å². The molecule has 0 radical (unpaired) electrons. The van der Waals surface area contributed by atoms with E-state index in [4.69, 9.17) is 8.85 Å². The Kier molecular flexibility index (Phi) is 3.01. The van der Waals surface area contributed by atoms with Gasteiger partial charge in [-0.15, -0.1) is 0 Å². The van der Waals surface area contributed by atoms with E-state index < -0.39 is 8.56 Å². The van der Waals surface area contributed by atoms with Crippen molar-refractivity contribution in [1.29, 1.82) is 0 Å². The smallest absolute Gasteiger partial charge is 0.372 e. The summed E-state index contributed by atoms with van der Waals surface area (Å²) in [4.78, 5) is 0. The molecule has 0 spiro atoms. The molecule has 76 valence electrons. The standard InChI is InChI=1S/C11H16O2Si/c1-2-12-14(10-6-9-13-14)11-7-4-3-5-8-11/h3-5,7-8H,2,6,9-10H2,1H3. The molecule has 0 saturated carbocycles. The summed E-state index contributed by atoms with van der Waals surface area (Å²) in [6.07, 6.45) is 1.14. The highest BCUT2D eigenvalue weighted by Crippen LogP contribution is 2.23. The molecule has 1 unspecified atom stereocenters. The summed E-state index contributed by atoms with van der Waals surface area (Å²) >= 11 is 0. The van der Waals surface area contributed by atoms with Gasteiger partial charge in [0.1, 0.15) is 0 Å². The second kappa shape index (κ2) is 4.25. The largest absolute Gasteiger partial charge is 0.391 e. The predicted octanol–water partition coefficient (Wildman–Crippen LogP) is 1.79. The molecule has 1 saturated heterocycles. The van der Waals surface area contributed by atoms with Crippen LogP contribution in [0.15, 0.2) is 30.3 Å². The molecule has 14 heavy (non-hydrogen) atoms. The molecule has 0 aromatic heterocycles. The molecule has 0 amide bonds. The van der Waals surface area contributed by atoms with Crippen molar-refractivity contribution in [1.82, 2.24) is 0 Å². The van der Waals surface area contributed by atoms with Crippen LogP contribution in [0.2, 0.25) is 6.04 Å². The predicted molar refractivity (Wildman–Crippen MR) is 58.8 cm³/mol.